The van der Waals surface area contributed by atoms with Crippen LogP contribution in [0.4, 0.5) is 0 Å². The molecule has 1 aromatic heterocycles. The maximum Gasteiger partial charge on any atom is 0.267 e. The first-order valence-corrected chi connectivity index (χ1v) is 5.77. The molecule has 0 spiro atoms. The summed E-state index contributed by atoms with van der Waals surface area (Å²) < 4.78 is 3.79. The van der Waals surface area contributed by atoms with Crippen LogP contribution in [-0.2, 0) is 0 Å². The Morgan fingerprint density at radius 3 is 3.07 bits per heavy atom. The Balaban J connectivity index is 2.11. The Hall–Kier alpha value is -1.01. The van der Waals surface area contributed by atoms with Crippen LogP contribution in [0.5, 0.6) is 0 Å². The van der Waals surface area contributed by atoms with Crippen LogP contribution < -0.4 is 5.32 Å². The third kappa shape index (κ3) is 2.15. The van der Waals surface area contributed by atoms with Gasteiger partial charge in [0.05, 0.1) is 5.69 Å². The summed E-state index contributed by atoms with van der Waals surface area (Å²) in [6, 6.07) is 0.365. The summed E-state index contributed by atoms with van der Waals surface area (Å²) in [7, 11) is 0. The number of carbonyl (C=O) groups excluding carboxylic acids is 1. The first kappa shape index (κ1) is 10.5. The lowest BCUT2D eigenvalue weighted by atomic mass is 10.2. The molecule has 15 heavy (non-hydrogen) atoms. The molecule has 1 unspecified atom stereocenters. The quantitative estimate of drug-likeness (QED) is 0.747. The largest absolute Gasteiger partial charge is 0.335 e. The molecular formula is C9H14N4OS. The van der Waals surface area contributed by atoms with Crippen molar-refractivity contribution >= 4 is 17.4 Å². The minimum atomic E-state index is 0.0656. The molecule has 1 amide bonds. The molecule has 0 bridgehead atoms. The zero-order valence-electron chi connectivity index (χ0n) is 8.86. The molecule has 0 aromatic carbocycles. The van der Waals surface area contributed by atoms with Gasteiger partial charge in [0.15, 0.2) is 0 Å². The van der Waals surface area contributed by atoms with E-state index in [1.54, 1.807) is 0 Å². The maximum atomic E-state index is 12.1. The molecule has 1 aliphatic rings. The van der Waals surface area contributed by atoms with Crippen molar-refractivity contribution < 1.29 is 4.79 Å². The van der Waals surface area contributed by atoms with Crippen LogP contribution in [0, 0.1) is 6.92 Å². The molecule has 5 nitrogen and oxygen atoms in total. The normalized spacial score (nSPS) is 21.7. The summed E-state index contributed by atoms with van der Waals surface area (Å²) >= 11 is 1.18. The number of piperazine rings is 1. The number of aryl methyl sites for hydroxylation is 1. The van der Waals surface area contributed by atoms with Gasteiger partial charge in [-0.15, -0.1) is 5.10 Å². The third-order valence-corrected chi connectivity index (χ3v) is 3.32. The van der Waals surface area contributed by atoms with Crippen molar-refractivity contribution in [3.63, 3.8) is 0 Å². The minimum absolute atomic E-state index is 0.0656. The molecular weight excluding hydrogens is 212 g/mol. The van der Waals surface area contributed by atoms with E-state index in [1.165, 1.54) is 11.5 Å². The fourth-order valence-corrected chi connectivity index (χ4v) is 2.31. The van der Waals surface area contributed by atoms with Crippen molar-refractivity contribution in [3.05, 3.63) is 10.6 Å². The smallest absolute Gasteiger partial charge is 0.267 e. The average molecular weight is 226 g/mol. The van der Waals surface area contributed by atoms with Gasteiger partial charge in [0.1, 0.15) is 4.88 Å². The van der Waals surface area contributed by atoms with E-state index >= 15 is 0 Å². The number of hydrogen-bond donors (Lipinski definition) is 1. The second-order valence-corrected chi connectivity index (χ2v) is 4.55. The molecule has 1 fully saturated rings. The van der Waals surface area contributed by atoms with Gasteiger partial charge < -0.3 is 10.2 Å². The molecule has 2 rings (SSSR count). The number of amides is 1. The van der Waals surface area contributed by atoms with E-state index in [4.69, 9.17) is 0 Å². The SMILES string of the molecule is Cc1nnsc1C(=O)N1CCNC(C)C1. The molecule has 1 saturated heterocycles. The van der Waals surface area contributed by atoms with Crippen LogP contribution in [0.2, 0.25) is 0 Å². The molecule has 2 heterocycles. The van der Waals surface area contributed by atoms with Crippen LogP contribution >= 0.6 is 11.5 Å². The number of rotatable bonds is 1. The van der Waals surface area contributed by atoms with Crippen LogP contribution in [0.1, 0.15) is 22.3 Å². The van der Waals surface area contributed by atoms with E-state index < -0.39 is 0 Å². The second-order valence-electron chi connectivity index (χ2n) is 3.79. The first-order chi connectivity index (χ1) is 7.18. The maximum absolute atomic E-state index is 12.1. The summed E-state index contributed by atoms with van der Waals surface area (Å²) in [5.41, 5.74) is 0.733. The summed E-state index contributed by atoms with van der Waals surface area (Å²) in [6.45, 7) is 6.29. The predicted molar refractivity (Wildman–Crippen MR) is 58.0 cm³/mol. The third-order valence-electron chi connectivity index (χ3n) is 2.50. The van der Waals surface area contributed by atoms with Gasteiger partial charge in [-0.3, -0.25) is 4.79 Å². The van der Waals surface area contributed by atoms with Crippen LogP contribution in [-0.4, -0.2) is 46.1 Å². The molecule has 1 N–H and O–H groups in total. The highest BCUT2D eigenvalue weighted by molar-refractivity contribution is 7.07. The van der Waals surface area contributed by atoms with E-state index in [9.17, 15) is 4.79 Å². The molecule has 82 valence electrons. The first-order valence-electron chi connectivity index (χ1n) is 5.00. The van der Waals surface area contributed by atoms with Gasteiger partial charge in [0.25, 0.3) is 5.91 Å². The lowest BCUT2D eigenvalue weighted by Gasteiger charge is -2.31. The summed E-state index contributed by atoms with van der Waals surface area (Å²) in [4.78, 5) is 14.6. The molecule has 1 aliphatic heterocycles. The van der Waals surface area contributed by atoms with Gasteiger partial charge in [0.2, 0.25) is 0 Å². The van der Waals surface area contributed by atoms with Gasteiger partial charge in [-0.05, 0) is 25.4 Å². The lowest BCUT2D eigenvalue weighted by Crippen LogP contribution is -2.51. The fraction of sp³-hybridized carbons (Fsp3) is 0.667. The van der Waals surface area contributed by atoms with E-state index in [-0.39, 0.29) is 5.91 Å². The average Bonchev–Trinajstić information content (AvgIpc) is 2.63. The highest BCUT2D eigenvalue weighted by Gasteiger charge is 2.24. The molecule has 0 saturated carbocycles. The van der Waals surface area contributed by atoms with Crippen LogP contribution in [0.25, 0.3) is 0 Å². The van der Waals surface area contributed by atoms with Gasteiger partial charge in [-0.2, -0.15) is 0 Å². The number of carbonyl (C=O) groups is 1. The van der Waals surface area contributed by atoms with Crippen molar-refractivity contribution in [3.8, 4) is 0 Å². The number of nitrogens with zero attached hydrogens (tertiary/aromatic N) is 3. The molecule has 6 heteroatoms. The van der Waals surface area contributed by atoms with Crippen molar-refractivity contribution in [2.75, 3.05) is 19.6 Å². The molecule has 0 aliphatic carbocycles. The van der Waals surface area contributed by atoms with Gasteiger partial charge in [-0.1, -0.05) is 4.49 Å². The Kier molecular flexibility index (Phi) is 2.97. The molecule has 0 radical (unpaired) electrons. The zero-order chi connectivity index (χ0) is 10.8. The summed E-state index contributed by atoms with van der Waals surface area (Å²) in [5.74, 6) is 0.0656. The second kappa shape index (κ2) is 4.24. The van der Waals surface area contributed by atoms with Crippen LogP contribution in [0.15, 0.2) is 0 Å². The van der Waals surface area contributed by atoms with E-state index in [0.29, 0.717) is 10.9 Å². The molecule has 1 aromatic rings. The standard InChI is InChI=1S/C9H14N4OS/c1-6-5-13(4-3-10-6)9(14)8-7(2)11-12-15-8/h6,10H,3-5H2,1-2H3. The Labute approximate surface area is 92.6 Å². The minimum Gasteiger partial charge on any atom is -0.335 e. The Bertz CT molecular complexity index is 365. The number of aromatic nitrogens is 2. The fourth-order valence-electron chi connectivity index (χ4n) is 1.69. The monoisotopic (exact) mass is 226 g/mol. The Morgan fingerprint density at radius 1 is 1.67 bits per heavy atom. The number of nitrogens with one attached hydrogen (secondary N) is 1. The van der Waals surface area contributed by atoms with Crippen LogP contribution in [0.3, 0.4) is 0 Å². The van der Waals surface area contributed by atoms with Gasteiger partial charge >= 0.3 is 0 Å². The summed E-state index contributed by atoms with van der Waals surface area (Å²) in [6.07, 6.45) is 0. The summed E-state index contributed by atoms with van der Waals surface area (Å²) in [5, 5.41) is 7.16. The van der Waals surface area contributed by atoms with E-state index in [1.807, 2.05) is 11.8 Å². The van der Waals surface area contributed by atoms with Crippen molar-refractivity contribution in [1.29, 1.82) is 0 Å². The predicted octanol–water partition coefficient (Wildman–Crippen LogP) is 0.280. The topological polar surface area (TPSA) is 58.1 Å². The van der Waals surface area contributed by atoms with Gasteiger partial charge in [-0.25, -0.2) is 0 Å². The van der Waals surface area contributed by atoms with Crippen molar-refractivity contribution in [2.24, 2.45) is 0 Å². The van der Waals surface area contributed by atoms with Gasteiger partial charge in [0, 0.05) is 25.7 Å². The van der Waals surface area contributed by atoms with E-state index in [2.05, 4.69) is 21.8 Å². The van der Waals surface area contributed by atoms with Crippen molar-refractivity contribution in [1.82, 2.24) is 19.8 Å². The Morgan fingerprint density at radius 2 is 2.47 bits per heavy atom. The van der Waals surface area contributed by atoms with Crippen molar-refractivity contribution in [2.45, 2.75) is 19.9 Å². The molecule has 1 atom stereocenters. The zero-order valence-corrected chi connectivity index (χ0v) is 9.67. The van der Waals surface area contributed by atoms with E-state index in [0.717, 1.165) is 25.3 Å². The highest BCUT2D eigenvalue weighted by Crippen LogP contribution is 2.13. The highest BCUT2D eigenvalue weighted by atomic mass is 32.1. The number of hydrogen-bond acceptors (Lipinski definition) is 5. The lowest BCUT2D eigenvalue weighted by molar-refractivity contribution is 0.0713.